The van der Waals surface area contributed by atoms with Gasteiger partial charge in [0.25, 0.3) is 11.1 Å². The lowest BCUT2D eigenvalue weighted by molar-refractivity contribution is 0.584. The summed E-state index contributed by atoms with van der Waals surface area (Å²) in [7, 11) is 7.65. The summed E-state index contributed by atoms with van der Waals surface area (Å²) in [4.78, 5) is 67.6. The fourth-order valence-electron chi connectivity index (χ4n) is 4.86. The molecule has 0 amide bonds. The molecule has 0 aliphatic heterocycles. The molecule has 0 radical (unpaired) electrons. The Bertz CT molecular complexity index is 2470. The molecule has 244 valence electrons. The van der Waals surface area contributed by atoms with Crippen LogP contribution in [-0.2, 0) is 35.2 Å². The van der Waals surface area contributed by atoms with Crippen molar-refractivity contribution in [3.8, 4) is 28.5 Å². The minimum atomic E-state index is -0.596. The topological polar surface area (TPSA) is 178 Å². The van der Waals surface area contributed by atoms with Gasteiger partial charge in [0, 0.05) is 54.0 Å². The van der Waals surface area contributed by atoms with E-state index in [2.05, 4.69) is 30.0 Å². The minimum absolute atomic E-state index is 0. The van der Waals surface area contributed by atoms with Crippen molar-refractivity contribution >= 4 is 22.3 Å². The molecule has 7 rings (SSSR count). The number of benzene rings is 1. The van der Waals surface area contributed by atoms with Crippen molar-refractivity contribution in [2.24, 2.45) is 35.2 Å². The van der Waals surface area contributed by atoms with Crippen LogP contribution >= 0.6 is 0 Å². The van der Waals surface area contributed by atoms with Crippen LogP contribution in [0, 0.1) is 5.95 Å². The Morgan fingerprint density at radius 2 is 1.34 bits per heavy atom. The molecular weight excluding hydrogens is 611 g/mol. The number of nitrogens with zero attached hydrogens (tertiary/aromatic N) is 11. The van der Waals surface area contributed by atoms with Gasteiger partial charge in [-0.3, -0.25) is 27.9 Å². The van der Waals surface area contributed by atoms with Crippen LogP contribution in [0.2, 0.25) is 0 Å². The van der Waals surface area contributed by atoms with Gasteiger partial charge in [-0.25, -0.2) is 34.2 Å². The molecule has 0 aliphatic rings. The van der Waals surface area contributed by atoms with Gasteiger partial charge in [0.1, 0.15) is 29.8 Å². The summed E-state index contributed by atoms with van der Waals surface area (Å²) in [5, 5.41) is 4.07. The van der Waals surface area contributed by atoms with Gasteiger partial charge in [0.2, 0.25) is 5.95 Å². The fourth-order valence-corrected chi connectivity index (χ4v) is 4.86. The fraction of sp³-hybridized carbons (Fsp3) is 0.233. The predicted octanol–water partition coefficient (Wildman–Crippen LogP) is 1.65. The maximum atomic E-state index is 12.9. The Balaban J connectivity index is 0.000000204. The zero-order chi connectivity index (χ0) is 34.2. The van der Waals surface area contributed by atoms with Crippen molar-refractivity contribution in [3.05, 3.63) is 103 Å². The number of halogens is 1. The van der Waals surface area contributed by atoms with Crippen molar-refractivity contribution < 1.29 is 5.82 Å². The van der Waals surface area contributed by atoms with Gasteiger partial charge >= 0.3 is 11.4 Å². The first-order chi connectivity index (χ1) is 22.5. The largest absolute Gasteiger partial charge is 0.332 e. The minimum Gasteiger partial charge on any atom is -0.332 e. The maximum absolute atomic E-state index is 12.9. The Hall–Kier alpha value is -6.26. The van der Waals surface area contributed by atoms with Gasteiger partial charge in [0.05, 0.1) is 5.69 Å². The average molecular weight is 645 g/mol. The summed E-state index contributed by atoms with van der Waals surface area (Å²) in [6.45, 7) is 4.00. The van der Waals surface area contributed by atoms with E-state index in [1.807, 2.05) is 38.1 Å². The number of rotatable bonds is 3. The van der Waals surface area contributed by atoms with Crippen molar-refractivity contribution in [1.29, 1.82) is 0 Å². The average Bonchev–Trinajstić information content (AvgIpc) is 3.86. The summed E-state index contributed by atoms with van der Waals surface area (Å²) in [6.07, 6.45) is 4.40. The second kappa shape index (κ2) is 12.6. The normalized spacial score (nSPS) is 10.9. The summed E-state index contributed by atoms with van der Waals surface area (Å²) in [5.41, 5.74) is 1.75. The van der Waals surface area contributed by atoms with Gasteiger partial charge < -0.3 is 9.55 Å². The van der Waals surface area contributed by atoms with Gasteiger partial charge in [0.15, 0.2) is 16.8 Å². The number of hydrogen-bond acceptors (Lipinski definition) is 9. The first-order valence-electron chi connectivity index (χ1n) is 14.3. The zero-order valence-corrected chi connectivity index (χ0v) is 26.6. The van der Waals surface area contributed by atoms with Crippen LogP contribution in [0.4, 0.5) is 4.39 Å². The molecule has 16 nitrogen and oxygen atoms in total. The standard InChI is InChI=1S/C15H13N7O2.C13H12FN5O2.C2H6.H2/c1-20-13-11(14(23)21(2)15(20)24)18-12(19-13)9-3-5-10(6-4-9)22-8-16-7-17-22;1-17-9-11(18(2)13(21)19(3)12(9)20)16-10(17)7-4-5-8(14)15-6-7;1-2;/h3-8H,1-2H3,(H,18,19);4-6H,1-3H3;1-2H3;1H. The first-order valence-corrected chi connectivity index (χ1v) is 14.3. The highest BCUT2D eigenvalue weighted by Gasteiger charge is 2.18. The number of pyridine rings is 1. The lowest BCUT2D eigenvalue weighted by atomic mass is 10.2. The number of aryl methyl sites for hydroxylation is 3. The molecule has 6 aromatic heterocycles. The molecule has 0 saturated carbocycles. The first kappa shape index (κ1) is 32.1. The Labute approximate surface area is 266 Å². The summed E-state index contributed by atoms with van der Waals surface area (Å²) in [5.74, 6) is 0.366. The second-order valence-corrected chi connectivity index (χ2v) is 10.1. The van der Waals surface area contributed by atoms with E-state index in [-0.39, 0.29) is 7.07 Å². The molecular formula is C30H33FN12O4. The van der Waals surface area contributed by atoms with Gasteiger partial charge in [-0.15, -0.1) is 0 Å². The van der Waals surface area contributed by atoms with Crippen molar-refractivity contribution in [2.45, 2.75) is 13.8 Å². The molecule has 0 saturated heterocycles. The van der Waals surface area contributed by atoms with Crippen LogP contribution in [0.25, 0.3) is 50.8 Å². The third-order valence-corrected chi connectivity index (χ3v) is 7.38. The van der Waals surface area contributed by atoms with E-state index >= 15 is 0 Å². The third-order valence-electron chi connectivity index (χ3n) is 7.38. The van der Waals surface area contributed by atoms with Crippen molar-refractivity contribution in [3.63, 3.8) is 0 Å². The SMILES string of the molecule is CC.Cn1c(=O)c2[nH]c(-c3ccc(-n4cncn4)cc3)nc2n(C)c1=O.Cn1c(=O)c2c(nc(-c3ccc(F)nc3)n2C)n(C)c1=O.[HH]. The molecule has 0 atom stereocenters. The molecule has 0 unspecified atom stereocenters. The second-order valence-electron chi connectivity index (χ2n) is 10.1. The lowest BCUT2D eigenvalue weighted by Crippen LogP contribution is -2.37. The molecule has 1 N–H and O–H groups in total. The van der Waals surface area contributed by atoms with Crippen LogP contribution in [0.5, 0.6) is 0 Å². The Morgan fingerprint density at radius 1 is 0.723 bits per heavy atom. The highest BCUT2D eigenvalue weighted by molar-refractivity contribution is 5.77. The van der Waals surface area contributed by atoms with E-state index in [9.17, 15) is 23.6 Å². The van der Waals surface area contributed by atoms with Crippen LogP contribution in [-0.4, -0.2) is 57.5 Å². The van der Waals surface area contributed by atoms with Gasteiger partial charge in [-0.2, -0.15) is 9.49 Å². The van der Waals surface area contributed by atoms with E-state index in [1.54, 1.807) is 36.7 Å². The van der Waals surface area contributed by atoms with E-state index in [0.29, 0.717) is 33.9 Å². The molecule has 6 heterocycles. The van der Waals surface area contributed by atoms with Crippen LogP contribution in [0.3, 0.4) is 0 Å². The number of nitrogens with one attached hydrogen (secondary N) is 1. The van der Waals surface area contributed by atoms with Crippen molar-refractivity contribution in [2.75, 3.05) is 0 Å². The number of imidazole rings is 2. The summed E-state index contributed by atoms with van der Waals surface area (Å²) >= 11 is 0. The highest BCUT2D eigenvalue weighted by Crippen LogP contribution is 2.21. The van der Waals surface area contributed by atoms with Crippen LogP contribution < -0.4 is 22.5 Å². The Morgan fingerprint density at radius 3 is 1.94 bits per heavy atom. The third kappa shape index (κ3) is 5.58. The molecule has 0 fully saturated rings. The highest BCUT2D eigenvalue weighted by atomic mass is 19.1. The van der Waals surface area contributed by atoms with E-state index in [4.69, 9.17) is 0 Å². The smallest absolute Gasteiger partial charge is 0.332 e. The van der Waals surface area contributed by atoms with Crippen LogP contribution in [0.1, 0.15) is 15.3 Å². The molecule has 1 aromatic carbocycles. The molecule has 47 heavy (non-hydrogen) atoms. The number of aromatic amines is 1. The number of fused-ring (bicyclic) bond motifs is 2. The van der Waals surface area contributed by atoms with E-state index in [1.165, 1.54) is 47.9 Å². The van der Waals surface area contributed by atoms with Crippen molar-refractivity contribution in [1.82, 2.24) is 57.5 Å². The van der Waals surface area contributed by atoms with Crippen LogP contribution in [0.15, 0.2) is 74.4 Å². The Kier molecular flexibility index (Phi) is 8.63. The number of hydrogen-bond donors (Lipinski definition) is 1. The molecule has 0 aliphatic carbocycles. The predicted molar refractivity (Wildman–Crippen MR) is 175 cm³/mol. The number of H-pyrrole nitrogens is 1. The maximum Gasteiger partial charge on any atom is 0.332 e. The summed E-state index contributed by atoms with van der Waals surface area (Å²) in [6, 6.07) is 10.2. The zero-order valence-electron chi connectivity index (χ0n) is 26.6. The van der Waals surface area contributed by atoms with Gasteiger partial charge in [-0.1, -0.05) is 13.8 Å². The molecule has 17 heteroatoms. The monoisotopic (exact) mass is 644 g/mol. The number of aromatic nitrogens is 12. The van der Waals surface area contributed by atoms with E-state index in [0.717, 1.165) is 20.4 Å². The summed E-state index contributed by atoms with van der Waals surface area (Å²) < 4.78 is 20.8. The van der Waals surface area contributed by atoms with Gasteiger partial charge in [-0.05, 0) is 36.4 Å². The lowest BCUT2D eigenvalue weighted by Gasteiger charge is -2.03. The van der Waals surface area contributed by atoms with E-state index < -0.39 is 28.4 Å². The quantitative estimate of drug-likeness (QED) is 0.280. The molecule has 7 aromatic rings. The molecule has 0 spiro atoms. The molecule has 0 bridgehead atoms.